The van der Waals surface area contributed by atoms with Crippen LogP contribution in [0.15, 0.2) is 23.2 Å². The lowest BCUT2D eigenvalue weighted by Crippen LogP contribution is -2.07. The molecule has 6 heteroatoms. The molecule has 0 aromatic heterocycles. The zero-order chi connectivity index (χ0) is 13.2. The number of ether oxygens (including phenoxy) is 1. The van der Waals surface area contributed by atoms with Gasteiger partial charge in [-0.2, -0.15) is 0 Å². The predicted molar refractivity (Wildman–Crippen MR) is 69.3 cm³/mol. The van der Waals surface area contributed by atoms with Crippen molar-refractivity contribution >= 4 is 16.1 Å². The van der Waals surface area contributed by atoms with Gasteiger partial charge in [-0.1, -0.05) is 6.07 Å². The van der Waals surface area contributed by atoms with Crippen molar-refractivity contribution < 1.29 is 18.3 Å². The van der Waals surface area contributed by atoms with Gasteiger partial charge in [0.05, 0.1) is 24.7 Å². The minimum absolute atomic E-state index is 0.0182. The Hall–Kier alpha value is -1.56. The fourth-order valence-corrected chi connectivity index (χ4v) is 3.52. The van der Waals surface area contributed by atoms with Gasteiger partial charge in [-0.05, 0) is 18.6 Å². The molecule has 1 aromatic carbocycles. The molecule has 1 aliphatic rings. The van der Waals surface area contributed by atoms with Gasteiger partial charge in [-0.15, -0.1) is 0 Å². The number of hydrogen-bond donors (Lipinski definition) is 1. The van der Waals surface area contributed by atoms with Gasteiger partial charge in [0, 0.05) is 11.8 Å². The molecule has 1 heterocycles. The molecule has 1 saturated heterocycles. The van der Waals surface area contributed by atoms with Crippen molar-refractivity contribution in [2.24, 2.45) is 4.99 Å². The third-order valence-corrected chi connectivity index (χ3v) is 4.63. The predicted octanol–water partition coefficient (Wildman–Crippen LogP) is 1.01. The minimum Gasteiger partial charge on any atom is -0.504 e. The fourth-order valence-electron chi connectivity index (χ4n) is 1.89. The number of nitrogens with zero attached hydrogens (tertiary/aromatic N) is 1. The van der Waals surface area contributed by atoms with Gasteiger partial charge in [0.1, 0.15) is 0 Å². The molecule has 18 heavy (non-hydrogen) atoms. The molecule has 2 rings (SSSR count). The van der Waals surface area contributed by atoms with Crippen molar-refractivity contribution in [3.63, 3.8) is 0 Å². The highest BCUT2D eigenvalue weighted by molar-refractivity contribution is 7.91. The topological polar surface area (TPSA) is 76.0 Å². The molecule has 5 nitrogen and oxygen atoms in total. The molecule has 1 aromatic rings. The van der Waals surface area contributed by atoms with Crippen LogP contribution in [0.2, 0.25) is 0 Å². The molecule has 0 saturated carbocycles. The van der Waals surface area contributed by atoms with E-state index in [1.165, 1.54) is 13.3 Å². The van der Waals surface area contributed by atoms with Gasteiger partial charge < -0.3 is 9.84 Å². The molecule has 1 fully saturated rings. The van der Waals surface area contributed by atoms with E-state index in [1.54, 1.807) is 18.2 Å². The van der Waals surface area contributed by atoms with Gasteiger partial charge in [-0.3, -0.25) is 4.99 Å². The first kappa shape index (κ1) is 12.9. The van der Waals surface area contributed by atoms with E-state index in [0.29, 0.717) is 17.7 Å². The van der Waals surface area contributed by atoms with Crippen molar-refractivity contribution in [1.82, 2.24) is 0 Å². The van der Waals surface area contributed by atoms with E-state index >= 15 is 0 Å². The smallest absolute Gasteiger partial charge is 0.166 e. The van der Waals surface area contributed by atoms with E-state index in [-0.39, 0.29) is 23.3 Å². The van der Waals surface area contributed by atoms with E-state index in [9.17, 15) is 13.5 Å². The first-order valence-electron chi connectivity index (χ1n) is 5.61. The highest BCUT2D eigenvalue weighted by atomic mass is 32.2. The van der Waals surface area contributed by atoms with Crippen LogP contribution in [0.3, 0.4) is 0 Å². The second-order valence-corrected chi connectivity index (χ2v) is 6.46. The summed E-state index contributed by atoms with van der Waals surface area (Å²) in [5, 5.41) is 9.83. The highest BCUT2D eigenvalue weighted by Crippen LogP contribution is 2.28. The van der Waals surface area contributed by atoms with E-state index in [2.05, 4.69) is 4.99 Å². The Bertz CT molecular complexity index is 565. The number of benzene rings is 1. The molecule has 0 unspecified atom stereocenters. The number of aromatic hydroxyl groups is 1. The summed E-state index contributed by atoms with van der Waals surface area (Å²) in [4.78, 5) is 4.21. The number of aliphatic imine (C=N–C) groups is 1. The number of phenols is 1. The van der Waals surface area contributed by atoms with Gasteiger partial charge in [0.2, 0.25) is 0 Å². The Labute approximate surface area is 106 Å². The average Bonchev–Trinajstić information content (AvgIpc) is 2.68. The third-order valence-electron chi connectivity index (χ3n) is 2.88. The first-order chi connectivity index (χ1) is 8.52. The van der Waals surface area contributed by atoms with Gasteiger partial charge in [0.25, 0.3) is 0 Å². The average molecular weight is 269 g/mol. The number of para-hydroxylation sites is 1. The molecular formula is C12H15NO4S. The summed E-state index contributed by atoms with van der Waals surface area (Å²) in [6.07, 6.45) is 2.05. The standard InChI is InChI=1S/C12H15NO4S/c1-17-11-4-2-3-9(12(11)14)7-13-10-5-6-18(15,16)8-10/h2-4,7,10,14H,5-6,8H2,1H3/t10-/m1/s1. The second kappa shape index (κ2) is 4.97. The van der Waals surface area contributed by atoms with Crippen LogP contribution in [0.1, 0.15) is 12.0 Å². The molecular weight excluding hydrogens is 254 g/mol. The Morgan fingerprint density at radius 1 is 1.50 bits per heavy atom. The van der Waals surface area contributed by atoms with Crippen LogP contribution >= 0.6 is 0 Å². The maximum absolute atomic E-state index is 11.3. The molecule has 0 bridgehead atoms. The Balaban J connectivity index is 2.15. The number of phenolic OH excluding ortho intramolecular Hbond substituents is 1. The van der Waals surface area contributed by atoms with Crippen LogP contribution in [0.25, 0.3) is 0 Å². The molecule has 0 spiro atoms. The maximum atomic E-state index is 11.3. The van der Waals surface area contributed by atoms with E-state index in [4.69, 9.17) is 4.74 Å². The molecule has 1 N–H and O–H groups in total. The lowest BCUT2D eigenvalue weighted by Gasteiger charge is -2.05. The van der Waals surface area contributed by atoms with Gasteiger partial charge >= 0.3 is 0 Å². The van der Waals surface area contributed by atoms with Crippen molar-refractivity contribution in [3.05, 3.63) is 23.8 Å². The van der Waals surface area contributed by atoms with Crippen molar-refractivity contribution in [1.29, 1.82) is 0 Å². The van der Waals surface area contributed by atoms with E-state index < -0.39 is 9.84 Å². The third kappa shape index (κ3) is 2.81. The second-order valence-electron chi connectivity index (χ2n) is 4.23. The summed E-state index contributed by atoms with van der Waals surface area (Å²) in [7, 11) is -1.45. The molecule has 98 valence electrons. The lowest BCUT2D eigenvalue weighted by molar-refractivity contribution is 0.373. The summed E-state index contributed by atoms with van der Waals surface area (Å²) in [6.45, 7) is 0. The molecule has 1 aliphatic heterocycles. The normalized spacial score (nSPS) is 22.4. The number of methoxy groups -OCH3 is 1. The molecule has 1 atom stereocenters. The quantitative estimate of drug-likeness (QED) is 0.831. The van der Waals surface area contributed by atoms with Gasteiger partial charge in [-0.25, -0.2) is 8.42 Å². The number of sulfone groups is 1. The largest absolute Gasteiger partial charge is 0.504 e. The Morgan fingerprint density at radius 2 is 2.28 bits per heavy atom. The first-order valence-corrected chi connectivity index (χ1v) is 7.43. The van der Waals surface area contributed by atoms with Crippen molar-refractivity contribution in [2.75, 3.05) is 18.6 Å². The van der Waals surface area contributed by atoms with Crippen LogP contribution in [-0.4, -0.2) is 44.4 Å². The van der Waals surface area contributed by atoms with Crippen molar-refractivity contribution in [3.8, 4) is 11.5 Å². The Kier molecular flexibility index (Phi) is 3.56. The van der Waals surface area contributed by atoms with Crippen LogP contribution in [-0.2, 0) is 9.84 Å². The Morgan fingerprint density at radius 3 is 2.89 bits per heavy atom. The highest BCUT2D eigenvalue weighted by Gasteiger charge is 2.26. The summed E-state index contributed by atoms with van der Waals surface area (Å²) < 4.78 is 27.5. The zero-order valence-corrected chi connectivity index (χ0v) is 10.9. The fraction of sp³-hybridized carbons (Fsp3) is 0.417. The van der Waals surface area contributed by atoms with Crippen LogP contribution in [0.5, 0.6) is 11.5 Å². The molecule has 0 aliphatic carbocycles. The van der Waals surface area contributed by atoms with Gasteiger partial charge in [0.15, 0.2) is 21.3 Å². The molecule has 0 radical (unpaired) electrons. The lowest BCUT2D eigenvalue weighted by atomic mass is 10.2. The van der Waals surface area contributed by atoms with E-state index in [0.717, 1.165) is 0 Å². The van der Waals surface area contributed by atoms with Crippen molar-refractivity contribution in [2.45, 2.75) is 12.5 Å². The summed E-state index contributed by atoms with van der Waals surface area (Å²) in [5.41, 5.74) is 0.527. The molecule has 0 amide bonds. The monoisotopic (exact) mass is 269 g/mol. The SMILES string of the molecule is COc1cccc(C=N[C@@H]2CCS(=O)(=O)C2)c1O. The van der Waals surface area contributed by atoms with E-state index in [1.807, 2.05) is 0 Å². The maximum Gasteiger partial charge on any atom is 0.166 e. The summed E-state index contributed by atoms with van der Waals surface area (Å²) in [5.74, 6) is 0.676. The number of rotatable bonds is 3. The summed E-state index contributed by atoms with van der Waals surface area (Å²) in [6, 6.07) is 4.88. The zero-order valence-electron chi connectivity index (χ0n) is 10.0. The summed E-state index contributed by atoms with van der Waals surface area (Å²) >= 11 is 0. The number of hydrogen-bond acceptors (Lipinski definition) is 5. The van der Waals surface area contributed by atoms with Crippen LogP contribution in [0.4, 0.5) is 0 Å². The van der Waals surface area contributed by atoms with Crippen LogP contribution < -0.4 is 4.74 Å². The minimum atomic E-state index is -2.92. The van der Waals surface area contributed by atoms with Crippen LogP contribution in [0, 0.1) is 0 Å².